The number of aliphatic carboxylic acids is 1. The number of β-amino-alcohol motifs (C(OH)–C–C–N with tert-alkyl or cyclic N) is 1. The predicted molar refractivity (Wildman–Crippen MR) is 75.4 cm³/mol. The van der Waals surface area contributed by atoms with Gasteiger partial charge in [-0.15, -0.1) is 0 Å². The minimum absolute atomic E-state index is 0.0293. The van der Waals surface area contributed by atoms with Crippen LogP contribution < -0.4 is 0 Å². The van der Waals surface area contributed by atoms with Crippen LogP contribution in [-0.2, 0) is 9.59 Å². The van der Waals surface area contributed by atoms with E-state index < -0.39 is 11.6 Å². The van der Waals surface area contributed by atoms with E-state index in [0.29, 0.717) is 19.6 Å². The number of hydrogen-bond donors (Lipinski definition) is 2. The lowest BCUT2D eigenvalue weighted by atomic mass is 10.0. The first-order valence-corrected chi connectivity index (χ1v) is 7.11. The molecule has 1 atom stereocenters. The van der Waals surface area contributed by atoms with E-state index in [1.54, 1.807) is 25.7 Å². The lowest BCUT2D eigenvalue weighted by Crippen LogP contribution is -2.52. The SMILES string of the molecule is CC(CC(=O)O)CC(=O)N1CCN(CC(C)(C)O)CC1. The van der Waals surface area contributed by atoms with E-state index in [0.717, 1.165) is 13.1 Å². The molecule has 0 aromatic carbocycles. The number of carboxylic acids is 1. The smallest absolute Gasteiger partial charge is 0.303 e. The van der Waals surface area contributed by atoms with Gasteiger partial charge in [-0.25, -0.2) is 0 Å². The number of hydrogen-bond acceptors (Lipinski definition) is 4. The first kappa shape index (κ1) is 16.9. The fourth-order valence-corrected chi connectivity index (χ4v) is 2.50. The number of piperazine rings is 1. The number of aliphatic hydroxyl groups is 1. The maximum atomic E-state index is 12.0. The molecule has 0 spiro atoms. The first-order valence-electron chi connectivity index (χ1n) is 7.11. The van der Waals surface area contributed by atoms with Crippen molar-refractivity contribution in [2.75, 3.05) is 32.7 Å². The minimum atomic E-state index is -0.861. The molecule has 1 saturated heterocycles. The third-order valence-electron chi connectivity index (χ3n) is 3.38. The van der Waals surface area contributed by atoms with Crippen molar-refractivity contribution >= 4 is 11.9 Å². The molecule has 116 valence electrons. The van der Waals surface area contributed by atoms with Gasteiger partial charge in [-0.05, 0) is 19.8 Å². The van der Waals surface area contributed by atoms with Crippen LogP contribution in [0.15, 0.2) is 0 Å². The van der Waals surface area contributed by atoms with Gasteiger partial charge in [0.05, 0.1) is 5.60 Å². The standard InChI is InChI=1S/C14H26N2O4/c1-11(9-13(18)19)8-12(17)16-6-4-15(5-7-16)10-14(2,3)20/h11,20H,4-10H2,1-3H3,(H,18,19). The maximum absolute atomic E-state index is 12.0. The van der Waals surface area contributed by atoms with E-state index in [1.165, 1.54) is 0 Å². The highest BCUT2D eigenvalue weighted by molar-refractivity contribution is 5.77. The molecule has 1 heterocycles. The van der Waals surface area contributed by atoms with Crippen LogP contribution >= 0.6 is 0 Å². The van der Waals surface area contributed by atoms with Crippen LogP contribution in [0.1, 0.15) is 33.6 Å². The van der Waals surface area contributed by atoms with Gasteiger partial charge in [-0.1, -0.05) is 6.92 Å². The Morgan fingerprint density at radius 2 is 1.70 bits per heavy atom. The molecule has 2 N–H and O–H groups in total. The Balaban J connectivity index is 2.34. The van der Waals surface area contributed by atoms with Gasteiger partial charge >= 0.3 is 5.97 Å². The summed E-state index contributed by atoms with van der Waals surface area (Å²) in [5, 5.41) is 18.5. The van der Waals surface area contributed by atoms with Crippen molar-refractivity contribution in [3.63, 3.8) is 0 Å². The summed E-state index contributed by atoms with van der Waals surface area (Å²) in [6, 6.07) is 0. The molecule has 1 amide bonds. The van der Waals surface area contributed by atoms with Crippen molar-refractivity contribution < 1.29 is 19.8 Å². The second-order valence-electron chi connectivity index (χ2n) is 6.38. The number of carbonyl (C=O) groups excluding carboxylic acids is 1. The number of rotatable bonds is 6. The van der Waals surface area contributed by atoms with Crippen LogP contribution in [0.25, 0.3) is 0 Å². The fraction of sp³-hybridized carbons (Fsp3) is 0.857. The molecule has 0 aromatic heterocycles. The highest BCUT2D eigenvalue weighted by Crippen LogP contribution is 2.13. The number of carboxylic acid groups (broad SMARTS) is 1. The van der Waals surface area contributed by atoms with Gasteiger partial charge in [-0.3, -0.25) is 14.5 Å². The number of amides is 1. The highest BCUT2D eigenvalue weighted by atomic mass is 16.4. The zero-order valence-electron chi connectivity index (χ0n) is 12.6. The topological polar surface area (TPSA) is 81.1 Å². The second kappa shape index (κ2) is 7.04. The molecule has 6 nitrogen and oxygen atoms in total. The molecule has 0 bridgehead atoms. The van der Waals surface area contributed by atoms with Gasteiger partial charge in [0, 0.05) is 45.6 Å². The molecular formula is C14H26N2O4. The van der Waals surface area contributed by atoms with E-state index in [4.69, 9.17) is 5.11 Å². The Hall–Kier alpha value is -1.14. The average molecular weight is 286 g/mol. The molecular weight excluding hydrogens is 260 g/mol. The number of nitrogens with zero attached hydrogens (tertiary/aromatic N) is 2. The fourth-order valence-electron chi connectivity index (χ4n) is 2.50. The lowest BCUT2D eigenvalue weighted by molar-refractivity contribution is -0.139. The zero-order chi connectivity index (χ0) is 15.3. The summed E-state index contributed by atoms with van der Waals surface area (Å²) in [6.07, 6.45) is 0.322. The van der Waals surface area contributed by atoms with Crippen LogP contribution in [0.2, 0.25) is 0 Å². The van der Waals surface area contributed by atoms with E-state index in [9.17, 15) is 14.7 Å². The Morgan fingerprint density at radius 1 is 1.15 bits per heavy atom. The van der Waals surface area contributed by atoms with Gasteiger partial charge in [0.1, 0.15) is 0 Å². The van der Waals surface area contributed by atoms with E-state index in [-0.39, 0.29) is 24.7 Å². The van der Waals surface area contributed by atoms with Gasteiger partial charge in [0.25, 0.3) is 0 Å². The first-order chi connectivity index (χ1) is 9.17. The summed E-state index contributed by atoms with van der Waals surface area (Å²) in [5.74, 6) is -0.962. The normalized spacial score (nSPS) is 18.9. The zero-order valence-corrected chi connectivity index (χ0v) is 12.6. The number of carbonyl (C=O) groups is 2. The molecule has 6 heteroatoms. The molecule has 1 fully saturated rings. The van der Waals surface area contributed by atoms with Gasteiger partial charge in [0.2, 0.25) is 5.91 Å². The molecule has 0 aliphatic carbocycles. The van der Waals surface area contributed by atoms with E-state index in [1.807, 2.05) is 0 Å². The molecule has 1 aliphatic rings. The van der Waals surface area contributed by atoms with Crippen molar-refractivity contribution in [1.82, 2.24) is 9.80 Å². The molecule has 1 rings (SSSR count). The quantitative estimate of drug-likeness (QED) is 0.739. The summed E-state index contributed by atoms with van der Waals surface area (Å²) in [4.78, 5) is 26.6. The maximum Gasteiger partial charge on any atom is 0.303 e. The molecule has 0 aromatic rings. The predicted octanol–water partition coefficient (Wildman–Crippen LogP) is 0.402. The highest BCUT2D eigenvalue weighted by Gasteiger charge is 2.25. The average Bonchev–Trinajstić information content (AvgIpc) is 2.26. The summed E-state index contributed by atoms with van der Waals surface area (Å²) in [7, 11) is 0. The molecule has 1 unspecified atom stereocenters. The lowest BCUT2D eigenvalue weighted by Gasteiger charge is -2.37. The van der Waals surface area contributed by atoms with Crippen molar-refractivity contribution in [3.8, 4) is 0 Å². The summed E-state index contributed by atoms with van der Waals surface area (Å²) >= 11 is 0. The van der Waals surface area contributed by atoms with Crippen molar-refractivity contribution in [1.29, 1.82) is 0 Å². The largest absolute Gasteiger partial charge is 0.481 e. The monoisotopic (exact) mass is 286 g/mol. The van der Waals surface area contributed by atoms with Crippen LogP contribution in [0.4, 0.5) is 0 Å². The van der Waals surface area contributed by atoms with Crippen molar-refractivity contribution in [3.05, 3.63) is 0 Å². The minimum Gasteiger partial charge on any atom is -0.481 e. The van der Waals surface area contributed by atoms with Crippen LogP contribution in [-0.4, -0.2) is 70.2 Å². The van der Waals surface area contributed by atoms with Gasteiger partial charge in [-0.2, -0.15) is 0 Å². The molecule has 1 aliphatic heterocycles. The molecule has 0 radical (unpaired) electrons. The van der Waals surface area contributed by atoms with E-state index in [2.05, 4.69) is 4.90 Å². The summed E-state index contributed by atoms with van der Waals surface area (Å²) in [6.45, 7) is 8.74. The van der Waals surface area contributed by atoms with Crippen LogP contribution in [0.3, 0.4) is 0 Å². The van der Waals surface area contributed by atoms with Crippen molar-refractivity contribution in [2.24, 2.45) is 5.92 Å². The van der Waals surface area contributed by atoms with E-state index >= 15 is 0 Å². The Morgan fingerprint density at radius 3 is 2.15 bits per heavy atom. The summed E-state index contributed by atoms with van der Waals surface area (Å²) in [5.41, 5.74) is -0.720. The van der Waals surface area contributed by atoms with Crippen LogP contribution in [0, 0.1) is 5.92 Å². The van der Waals surface area contributed by atoms with Gasteiger partial charge in [0.15, 0.2) is 0 Å². The third kappa shape index (κ3) is 6.34. The second-order valence-corrected chi connectivity index (χ2v) is 6.38. The molecule has 20 heavy (non-hydrogen) atoms. The Bertz CT molecular complexity index is 344. The van der Waals surface area contributed by atoms with Gasteiger partial charge < -0.3 is 15.1 Å². The molecule has 0 saturated carbocycles. The Kier molecular flexibility index (Phi) is 5.95. The van der Waals surface area contributed by atoms with Crippen LogP contribution in [0.5, 0.6) is 0 Å². The van der Waals surface area contributed by atoms with Crippen molar-refractivity contribution in [2.45, 2.75) is 39.2 Å². The summed E-state index contributed by atoms with van der Waals surface area (Å²) < 4.78 is 0. The Labute approximate surface area is 120 Å². The third-order valence-corrected chi connectivity index (χ3v) is 3.38.